The number of piperidine rings is 1. The SMILES string of the molecule is CC[C@@H]1C[C@@H](N)CCN1c1nc(Oc2cnc(C)nc2)nc2[nH]c3c(NC)cc(F)c(F)c3c12. The fraction of sp³-hybridized carbons (Fsp3) is 0.391. The fourth-order valence-corrected chi connectivity index (χ4v) is 4.60. The molecule has 0 bridgehead atoms. The van der Waals surface area contributed by atoms with E-state index in [0.717, 1.165) is 25.3 Å². The van der Waals surface area contributed by atoms with Gasteiger partial charge in [0.15, 0.2) is 17.4 Å². The van der Waals surface area contributed by atoms with Gasteiger partial charge in [0.05, 0.1) is 34.4 Å². The zero-order valence-corrected chi connectivity index (χ0v) is 19.2. The minimum Gasteiger partial charge on any atom is -0.421 e. The number of H-pyrrole nitrogens is 1. The molecule has 4 heterocycles. The van der Waals surface area contributed by atoms with Gasteiger partial charge in [-0.25, -0.2) is 18.7 Å². The van der Waals surface area contributed by atoms with E-state index in [1.165, 1.54) is 12.4 Å². The first-order valence-electron chi connectivity index (χ1n) is 11.3. The summed E-state index contributed by atoms with van der Waals surface area (Å²) in [6, 6.07) is 1.34. The van der Waals surface area contributed by atoms with Crippen LogP contribution in [0, 0.1) is 18.6 Å². The van der Waals surface area contributed by atoms with Gasteiger partial charge >= 0.3 is 6.01 Å². The van der Waals surface area contributed by atoms with Crippen molar-refractivity contribution < 1.29 is 13.5 Å². The molecule has 178 valence electrons. The van der Waals surface area contributed by atoms with Crippen molar-refractivity contribution in [2.75, 3.05) is 23.8 Å². The third kappa shape index (κ3) is 3.75. The second-order valence-electron chi connectivity index (χ2n) is 8.51. The highest BCUT2D eigenvalue weighted by Crippen LogP contribution is 2.40. The van der Waals surface area contributed by atoms with Crippen LogP contribution in [0.5, 0.6) is 11.8 Å². The monoisotopic (exact) mass is 468 g/mol. The maximum Gasteiger partial charge on any atom is 0.326 e. The molecule has 3 aromatic heterocycles. The largest absolute Gasteiger partial charge is 0.421 e. The number of halogens is 2. The number of aryl methyl sites for hydroxylation is 1. The van der Waals surface area contributed by atoms with Crippen molar-refractivity contribution in [3.8, 4) is 11.8 Å². The molecular weight excluding hydrogens is 442 g/mol. The van der Waals surface area contributed by atoms with E-state index >= 15 is 4.39 Å². The normalized spacial score (nSPS) is 18.6. The van der Waals surface area contributed by atoms with Gasteiger partial charge < -0.3 is 25.7 Å². The van der Waals surface area contributed by atoms with Gasteiger partial charge in [0.2, 0.25) is 0 Å². The number of rotatable bonds is 5. The zero-order valence-electron chi connectivity index (χ0n) is 19.2. The van der Waals surface area contributed by atoms with E-state index in [1.54, 1.807) is 14.0 Å². The Balaban J connectivity index is 1.76. The molecule has 5 rings (SSSR count). The van der Waals surface area contributed by atoms with Crippen LogP contribution in [0.15, 0.2) is 18.5 Å². The van der Waals surface area contributed by atoms with Crippen LogP contribution < -0.4 is 20.7 Å². The maximum atomic E-state index is 15.2. The van der Waals surface area contributed by atoms with Crippen LogP contribution in [0.25, 0.3) is 21.9 Å². The van der Waals surface area contributed by atoms with Crippen molar-refractivity contribution in [2.45, 2.75) is 45.2 Å². The third-order valence-electron chi connectivity index (χ3n) is 6.32. The Bertz CT molecular complexity index is 1360. The molecule has 0 aliphatic carbocycles. The van der Waals surface area contributed by atoms with Crippen LogP contribution in [-0.2, 0) is 0 Å². The molecule has 0 radical (unpaired) electrons. The van der Waals surface area contributed by atoms with Gasteiger partial charge in [-0.2, -0.15) is 9.97 Å². The van der Waals surface area contributed by atoms with Crippen LogP contribution in [0.3, 0.4) is 0 Å². The van der Waals surface area contributed by atoms with E-state index in [1.807, 2.05) is 0 Å². The van der Waals surface area contributed by atoms with Crippen LogP contribution in [0.1, 0.15) is 32.0 Å². The van der Waals surface area contributed by atoms with E-state index < -0.39 is 11.6 Å². The zero-order chi connectivity index (χ0) is 24.0. The lowest BCUT2D eigenvalue weighted by atomic mass is 9.95. The third-order valence-corrected chi connectivity index (χ3v) is 6.32. The highest BCUT2D eigenvalue weighted by molar-refractivity contribution is 6.15. The summed E-state index contributed by atoms with van der Waals surface area (Å²) in [5.41, 5.74) is 7.39. The molecule has 1 aromatic carbocycles. The van der Waals surface area contributed by atoms with Gasteiger partial charge in [0.25, 0.3) is 0 Å². The van der Waals surface area contributed by atoms with Crippen LogP contribution in [-0.4, -0.2) is 50.6 Å². The average molecular weight is 469 g/mol. The van der Waals surface area contributed by atoms with Crippen molar-refractivity contribution in [1.82, 2.24) is 24.9 Å². The van der Waals surface area contributed by atoms with E-state index in [-0.39, 0.29) is 23.5 Å². The summed E-state index contributed by atoms with van der Waals surface area (Å²) in [6.07, 6.45) is 5.41. The molecule has 1 saturated heterocycles. The van der Waals surface area contributed by atoms with E-state index in [9.17, 15) is 4.39 Å². The molecule has 1 fully saturated rings. The van der Waals surface area contributed by atoms with E-state index in [4.69, 9.17) is 10.5 Å². The number of nitrogens with one attached hydrogen (secondary N) is 2. The number of fused-ring (bicyclic) bond motifs is 3. The molecule has 2 atom stereocenters. The van der Waals surface area contributed by atoms with Gasteiger partial charge in [-0.05, 0) is 26.2 Å². The van der Waals surface area contributed by atoms with Crippen molar-refractivity contribution in [3.63, 3.8) is 0 Å². The lowest BCUT2D eigenvalue weighted by molar-refractivity contribution is 0.397. The Hall–Kier alpha value is -3.60. The summed E-state index contributed by atoms with van der Waals surface area (Å²) in [6.45, 7) is 4.47. The summed E-state index contributed by atoms with van der Waals surface area (Å²) < 4.78 is 35.6. The molecule has 1 aliphatic rings. The van der Waals surface area contributed by atoms with Gasteiger partial charge in [0, 0.05) is 31.7 Å². The Morgan fingerprint density at radius 1 is 1.24 bits per heavy atom. The first-order chi connectivity index (χ1) is 16.4. The van der Waals surface area contributed by atoms with Crippen molar-refractivity contribution in [3.05, 3.63) is 35.9 Å². The van der Waals surface area contributed by atoms with Gasteiger partial charge in [-0.15, -0.1) is 0 Å². The lowest BCUT2D eigenvalue weighted by Crippen LogP contribution is -2.47. The van der Waals surface area contributed by atoms with Crippen molar-refractivity contribution in [2.24, 2.45) is 5.73 Å². The number of nitrogens with two attached hydrogens (primary N) is 1. The standard InChI is InChI=1S/C23H26F2N8O/c1-4-13-7-12(26)5-6-33(13)22-18-17-19(25)15(24)8-16(27-3)20(17)30-21(18)31-23(32-22)34-14-9-28-11(2)29-10-14/h8-10,12-13,27H,4-7,26H2,1-3H3,(H,30,31,32)/t12-,13+/m0/s1. The summed E-state index contributed by atoms with van der Waals surface area (Å²) in [4.78, 5) is 22.7. The molecule has 1 aliphatic heterocycles. The predicted octanol–water partition coefficient (Wildman–Crippen LogP) is 4.03. The molecule has 0 amide bonds. The molecule has 0 saturated carbocycles. The van der Waals surface area contributed by atoms with E-state index in [2.05, 4.69) is 42.1 Å². The number of anilines is 2. The van der Waals surface area contributed by atoms with Gasteiger partial charge in [-0.3, -0.25) is 0 Å². The molecule has 4 N–H and O–H groups in total. The lowest BCUT2D eigenvalue weighted by Gasteiger charge is -2.39. The predicted molar refractivity (Wildman–Crippen MR) is 126 cm³/mol. The van der Waals surface area contributed by atoms with Crippen molar-refractivity contribution in [1.29, 1.82) is 0 Å². The van der Waals surface area contributed by atoms with Gasteiger partial charge in [0.1, 0.15) is 17.3 Å². The minimum absolute atomic E-state index is 0.0538. The Kier molecular flexibility index (Phi) is 5.64. The molecule has 0 spiro atoms. The van der Waals surface area contributed by atoms with Crippen LogP contribution >= 0.6 is 0 Å². The number of hydrogen-bond donors (Lipinski definition) is 3. The quantitative estimate of drug-likeness (QED) is 0.402. The second-order valence-corrected chi connectivity index (χ2v) is 8.51. The Labute approximate surface area is 194 Å². The minimum atomic E-state index is -0.951. The van der Waals surface area contributed by atoms with Crippen LogP contribution in [0.2, 0.25) is 0 Å². The summed E-state index contributed by atoms with van der Waals surface area (Å²) >= 11 is 0. The summed E-state index contributed by atoms with van der Waals surface area (Å²) in [7, 11) is 1.65. The van der Waals surface area contributed by atoms with Crippen molar-refractivity contribution >= 4 is 33.4 Å². The molecule has 9 nitrogen and oxygen atoms in total. The van der Waals surface area contributed by atoms with E-state index in [0.29, 0.717) is 46.2 Å². The van der Waals surface area contributed by atoms with Gasteiger partial charge in [-0.1, -0.05) is 6.92 Å². The fourth-order valence-electron chi connectivity index (χ4n) is 4.60. The molecule has 11 heteroatoms. The number of benzene rings is 1. The molecule has 34 heavy (non-hydrogen) atoms. The average Bonchev–Trinajstić information content (AvgIpc) is 3.22. The topological polar surface area (TPSA) is 118 Å². The second kappa shape index (κ2) is 8.64. The highest BCUT2D eigenvalue weighted by atomic mass is 19.2. The Morgan fingerprint density at radius 2 is 2.00 bits per heavy atom. The first-order valence-corrected chi connectivity index (χ1v) is 11.3. The Morgan fingerprint density at radius 3 is 2.71 bits per heavy atom. The highest BCUT2D eigenvalue weighted by Gasteiger charge is 2.31. The molecule has 0 unspecified atom stereocenters. The number of aromatic amines is 1. The summed E-state index contributed by atoms with van der Waals surface area (Å²) in [5, 5.41) is 3.43. The number of nitrogens with zero attached hydrogens (tertiary/aromatic N) is 5. The maximum absolute atomic E-state index is 15.2. The molecular formula is C23H26F2N8O. The van der Waals surface area contributed by atoms with Crippen LogP contribution in [0.4, 0.5) is 20.3 Å². The number of aromatic nitrogens is 5. The first kappa shape index (κ1) is 22.2. The summed E-state index contributed by atoms with van der Waals surface area (Å²) in [5.74, 6) is -0.453. The smallest absolute Gasteiger partial charge is 0.326 e. The number of hydrogen-bond acceptors (Lipinski definition) is 8. The molecule has 4 aromatic rings. The number of ether oxygens (including phenoxy) is 1.